The molecule has 0 aliphatic carbocycles. The highest BCUT2D eigenvalue weighted by Crippen LogP contribution is 2.16. The summed E-state index contributed by atoms with van der Waals surface area (Å²) < 4.78 is 0. The van der Waals surface area contributed by atoms with E-state index in [2.05, 4.69) is 42.3 Å². The molecule has 0 atom stereocenters. The van der Waals surface area contributed by atoms with Crippen molar-refractivity contribution in [1.29, 1.82) is 0 Å². The first-order chi connectivity index (χ1) is 9.63. The summed E-state index contributed by atoms with van der Waals surface area (Å²) in [5.74, 6) is 1.30. The number of carbonyl (C=O) groups excluding carboxylic acids is 1. The van der Waals surface area contributed by atoms with Crippen LogP contribution in [0.2, 0.25) is 0 Å². The van der Waals surface area contributed by atoms with Gasteiger partial charge >= 0.3 is 0 Å². The van der Waals surface area contributed by atoms with Crippen molar-refractivity contribution < 1.29 is 4.79 Å². The number of nitrogens with zero attached hydrogens (tertiary/aromatic N) is 1. The van der Waals surface area contributed by atoms with Crippen molar-refractivity contribution in [3.8, 4) is 0 Å². The number of nitrogens with one attached hydrogen (secondary N) is 1. The second-order valence-corrected chi connectivity index (χ2v) is 5.76. The monoisotopic (exact) mass is 286 g/mol. The van der Waals surface area contributed by atoms with E-state index in [-0.39, 0.29) is 5.91 Å². The predicted octanol–water partition coefficient (Wildman–Crippen LogP) is 3.57. The Morgan fingerprint density at radius 3 is 2.65 bits per heavy atom. The predicted molar refractivity (Wildman–Crippen MR) is 84.9 cm³/mol. The van der Waals surface area contributed by atoms with Gasteiger partial charge in [-0.1, -0.05) is 29.3 Å². The molecule has 0 fully saturated rings. The van der Waals surface area contributed by atoms with Gasteiger partial charge in [-0.2, -0.15) is 0 Å². The third kappa shape index (κ3) is 4.70. The average Bonchev–Trinajstić information content (AvgIpc) is 2.38. The summed E-state index contributed by atoms with van der Waals surface area (Å²) in [5.41, 5.74) is 4.53. The molecule has 0 aliphatic rings. The van der Waals surface area contributed by atoms with Crippen LogP contribution in [0.15, 0.2) is 42.7 Å². The van der Waals surface area contributed by atoms with Crippen molar-refractivity contribution in [2.75, 3.05) is 11.1 Å². The van der Waals surface area contributed by atoms with Crippen molar-refractivity contribution in [2.45, 2.75) is 19.6 Å². The summed E-state index contributed by atoms with van der Waals surface area (Å²) in [6, 6.07) is 10.1. The molecular weight excluding hydrogens is 268 g/mol. The molecule has 0 aliphatic heterocycles. The van der Waals surface area contributed by atoms with Crippen molar-refractivity contribution in [2.24, 2.45) is 0 Å². The first kappa shape index (κ1) is 14.6. The summed E-state index contributed by atoms with van der Waals surface area (Å²) in [5, 5.41) is 2.83. The topological polar surface area (TPSA) is 42.0 Å². The largest absolute Gasteiger partial charge is 0.324 e. The maximum atomic E-state index is 11.8. The summed E-state index contributed by atoms with van der Waals surface area (Å²) in [4.78, 5) is 15.7. The van der Waals surface area contributed by atoms with Crippen LogP contribution >= 0.6 is 11.8 Å². The third-order valence-corrected chi connectivity index (χ3v) is 3.73. The zero-order chi connectivity index (χ0) is 14.4. The molecule has 2 aromatic rings. The molecule has 1 aromatic carbocycles. The van der Waals surface area contributed by atoms with Gasteiger partial charge in [0.05, 0.1) is 17.6 Å². The molecule has 104 valence electrons. The number of anilines is 1. The van der Waals surface area contributed by atoms with Gasteiger partial charge in [0, 0.05) is 11.9 Å². The summed E-state index contributed by atoms with van der Waals surface area (Å²) in [7, 11) is 0. The molecule has 0 bridgehead atoms. The number of hydrogen-bond donors (Lipinski definition) is 1. The number of aryl methyl sites for hydroxylation is 2. The van der Waals surface area contributed by atoms with Gasteiger partial charge in [0.25, 0.3) is 0 Å². The fourth-order valence-electron chi connectivity index (χ4n) is 2.05. The zero-order valence-electron chi connectivity index (χ0n) is 11.7. The molecule has 1 N–H and O–H groups in total. The highest BCUT2D eigenvalue weighted by molar-refractivity contribution is 7.99. The number of benzene rings is 1. The molecule has 4 heteroatoms. The lowest BCUT2D eigenvalue weighted by atomic mass is 10.1. The standard InChI is InChI=1S/C16H18N2OS/c1-12-6-13(2)8-14(7-12)10-20-11-16(19)18-15-4-3-5-17-9-15/h3-9H,10-11H2,1-2H3,(H,18,19). The molecular formula is C16H18N2OS. The van der Waals surface area contributed by atoms with Gasteiger partial charge in [0.15, 0.2) is 0 Å². The van der Waals surface area contributed by atoms with E-state index in [0.29, 0.717) is 5.75 Å². The van der Waals surface area contributed by atoms with Crippen LogP contribution in [0.5, 0.6) is 0 Å². The van der Waals surface area contributed by atoms with Gasteiger partial charge in [0.1, 0.15) is 0 Å². The number of carbonyl (C=O) groups is 1. The number of aromatic nitrogens is 1. The first-order valence-corrected chi connectivity index (χ1v) is 7.64. The van der Waals surface area contributed by atoms with Gasteiger partial charge in [-0.25, -0.2) is 0 Å². The number of thioether (sulfide) groups is 1. The number of hydrogen-bond acceptors (Lipinski definition) is 3. The Balaban J connectivity index is 1.79. The molecule has 0 radical (unpaired) electrons. The fourth-order valence-corrected chi connectivity index (χ4v) is 2.81. The Bertz CT molecular complexity index is 564. The van der Waals surface area contributed by atoms with E-state index in [1.165, 1.54) is 16.7 Å². The highest BCUT2D eigenvalue weighted by Gasteiger charge is 2.03. The second kappa shape index (κ2) is 7.10. The molecule has 1 aromatic heterocycles. The molecule has 3 nitrogen and oxygen atoms in total. The van der Waals surface area contributed by atoms with E-state index in [1.54, 1.807) is 30.2 Å². The van der Waals surface area contributed by atoms with E-state index < -0.39 is 0 Å². The molecule has 1 heterocycles. The van der Waals surface area contributed by atoms with Crippen LogP contribution in [0, 0.1) is 13.8 Å². The van der Waals surface area contributed by atoms with E-state index in [4.69, 9.17) is 0 Å². The van der Waals surface area contributed by atoms with E-state index >= 15 is 0 Å². The van der Waals surface area contributed by atoms with Gasteiger partial charge in [-0.15, -0.1) is 11.8 Å². The minimum atomic E-state index is 0.00683. The van der Waals surface area contributed by atoms with Crippen LogP contribution < -0.4 is 5.32 Å². The minimum absolute atomic E-state index is 0.00683. The number of pyridine rings is 1. The Kier molecular flexibility index (Phi) is 5.18. The van der Waals surface area contributed by atoms with Crippen LogP contribution in [-0.4, -0.2) is 16.6 Å². The van der Waals surface area contributed by atoms with E-state index in [1.807, 2.05) is 6.07 Å². The van der Waals surface area contributed by atoms with Crippen LogP contribution in [0.3, 0.4) is 0 Å². The molecule has 0 saturated carbocycles. The molecule has 20 heavy (non-hydrogen) atoms. The summed E-state index contributed by atoms with van der Waals surface area (Å²) in [6.07, 6.45) is 3.33. The lowest BCUT2D eigenvalue weighted by Gasteiger charge is -2.06. The Morgan fingerprint density at radius 2 is 2.00 bits per heavy atom. The Morgan fingerprint density at radius 1 is 1.25 bits per heavy atom. The maximum Gasteiger partial charge on any atom is 0.234 e. The zero-order valence-corrected chi connectivity index (χ0v) is 12.5. The van der Waals surface area contributed by atoms with Crippen LogP contribution in [0.1, 0.15) is 16.7 Å². The normalized spacial score (nSPS) is 10.3. The van der Waals surface area contributed by atoms with Crippen molar-refractivity contribution in [3.63, 3.8) is 0 Å². The first-order valence-electron chi connectivity index (χ1n) is 6.48. The molecule has 0 spiro atoms. The fraction of sp³-hybridized carbons (Fsp3) is 0.250. The van der Waals surface area contributed by atoms with E-state index in [9.17, 15) is 4.79 Å². The van der Waals surface area contributed by atoms with Crippen LogP contribution in [0.4, 0.5) is 5.69 Å². The third-order valence-electron chi connectivity index (χ3n) is 2.73. The average molecular weight is 286 g/mol. The van der Waals surface area contributed by atoms with Gasteiger partial charge in [-0.05, 0) is 31.5 Å². The van der Waals surface area contributed by atoms with Gasteiger partial charge < -0.3 is 5.32 Å². The molecule has 2 rings (SSSR count). The summed E-state index contributed by atoms with van der Waals surface area (Å²) in [6.45, 7) is 4.19. The maximum absolute atomic E-state index is 11.8. The SMILES string of the molecule is Cc1cc(C)cc(CSCC(=O)Nc2cccnc2)c1. The quantitative estimate of drug-likeness (QED) is 0.913. The Labute approximate surface area is 123 Å². The lowest BCUT2D eigenvalue weighted by molar-refractivity contribution is -0.113. The second-order valence-electron chi connectivity index (χ2n) is 4.78. The summed E-state index contributed by atoms with van der Waals surface area (Å²) >= 11 is 1.62. The van der Waals surface area contributed by atoms with Crippen molar-refractivity contribution in [1.82, 2.24) is 4.98 Å². The molecule has 1 amide bonds. The lowest BCUT2D eigenvalue weighted by Crippen LogP contribution is -2.14. The highest BCUT2D eigenvalue weighted by atomic mass is 32.2. The van der Waals surface area contributed by atoms with Crippen molar-refractivity contribution >= 4 is 23.4 Å². The molecule has 0 saturated heterocycles. The minimum Gasteiger partial charge on any atom is -0.324 e. The Hall–Kier alpha value is -1.81. The molecule has 0 unspecified atom stereocenters. The van der Waals surface area contributed by atoms with Gasteiger partial charge in [0.2, 0.25) is 5.91 Å². The number of rotatable bonds is 5. The number of amides is 1. The van der Waals surface area contributed by atoms with Crippen LogP contribution in [-0.2, 0) is 10.5 Å². The van der Waals surface area contributed by atoms with Crippen LogP contribution in [0.25, 0.3) is 0 Å². The smallest absolute Gasteiger partial charge is 0.234 e. The van der Waals surface area contributed by atoms with E-state index in [0.717, 1.165) is 11.4 Å². The van der Waals surface area contributed by atoms with Gasteiger partial charge in [-0.3, -0.25) is 9.78 Å². The van der Waals surface area contributed by atoms with Crippen molar-refractivity contribution in [3.05, 3.63) is 59.4 Å².